The Labute approximate surface area is 56.4 Å². The van der Waals surface area contributed by atoms with Gasteiger partial charge in [0.1, 0.15) is 6.29 Å². The van der Waals surface area contributed by atoms with Gasteiger partial charge in [-0.25, -0.2) is 0 Å². The lowest BCUT2D eigenvalue weighted by atomic mass is 9.77. The molecule has 0 unspecified atom stereocenters. The minimum Gasteiger partial charge on any atom is -0.319 e. The van der Waals surface area contributed by atoms with Crippen LogP contribution < -0.4 is 5.73 Å². The molecule has 0 aromatic rings. The summed E-state index contributed by atoms with van der Waals surface area (Å²) in [5.41, 5.74) is 4.78. The summed E-state index contributed by atoms with van der Waals surface area (Å²) in [6.07, 6.45) is 0.799. The van der Waals surface area contributed by atoms with Crippen LogP contribution >= 0.6 is 0 Å². The van der Waals surface area contributed by atoms with Gasteiger partial charge in [-0.3, -0.25) is 0 Å². The number of hydrogen-bond donors (Lipinski definition) is 1. The summed E-state index contributed by atoms with van der Waals surface area (Å²) < 4.78 is 0. The summed E-state index contributed by atoms with van der Waals surface area (Å²) in [5, 5.41) is 0. The second kappa shape index (κ2) is 2.10. The van der Waals surface area contributed by atoms with Crippen molar-refractivity contribution in [1.82, 2.24) is 0 Å². The molecule has 0 spiro atoms. The third-order valence-corrected chi connectivity index (χ3v) is 1.86. The molecule has 9 heavy (non-hydrogen) atoms. The highest BCUT2D eigenvalue weighted by Gasteiger charge is 2.32. The Morgan fingerprint density at radius 1 is 1.22 bits per heavy atom. The van der Waals surface area contributed by atoms with Crippen molar-refractivity contribution in [1.29, 1.82) is 0 Å². The van der Waals surface area contributed by atoms with Crippen molar-refractivity contribution in [3.63, 3.8) is 0 Å². The monoisotopic (exact) mass is 129 g/mol. The van der Waals surface area contributed by atoms with E-state index in [1.54, 1.807) is 6.92 Å². The van der Waals surface area contributed by atoms with E-state index in [9.17, 15) is 4.79 Å². The normalized spacial score (nSPS) is 18.8. The maximum atomic E-state index is 10.3. The first-order valence-corrected chi connectivity index (χ1v) is 3.06. The Morgan fingerprint density at radius 2 is 1.56 bits per heavy atom. The molecule has 0 heterocycles. The zero-order chi connectivity index (χ0) is 7.71. The highest BCUT2D eigenvalue weighted by atomic mass is 16.1. The molecule has 0 rings (SSSR count). The molecular formula is C7H15NO. The smallest absolute Gasteiger partial charge is 0.140 e. The molecule has 1 atom stereocenters. The Balaban J connectivity index is 4.32. The summed E-state index contributed by atoms with van der Waals surface area (Å²) in [6.45, 7) is 7.57. The quantitative estimate of drug-likeness (QED) is 0.535. The molecule has 0 fully saturated rings. The molecule has 0 aliphatic rings. The van der Waals surface area contributed by atoms with Gasteiger partial charge in [0, 0.05) is 0 Å². The number of aldehydes is 1. The first kappa shape index (κ1) is 8.63. The lowest BCUT2D eigenvalue weighted by Gasteiger charge is -2.32. The molecular weight excluding hydrogens is 114 g/mol. The summed E-state index contributed by atoms with van der Waals surface area (Å²) in [6, 6.07) is 0. The van der Waals surface area contributed by atoms with Crippen LogP contribution in [0.25, 0.3) is 0 Å². The van der Waals surface area contributed by atoms with Crippen molar-refractivity contribution in [3.05, 3.63) is 0 Å². The lowest BCUT2D eigenvalue weighted by Crippen LogP contribution is -2.49. The Morgan fingerprint density at radius 3 is 1.56 bits per heavy atom. The van der Waals surface area contributed by atoms with Crippen LogP contribution in [0.15, 0.2) is 0 Å². The van der Waals surface area contributed by atoms with Gasteiger partial charge in [-0.05, 0) is 12.3 Å². The molecule has 0 aliphatic carbocycles. The van der Waals surface area contributed by atoms with Crippen molar-refractivity contribution in [3.8, 4) is 0 Å². The van der Waals surface area contributed by atoms with Gasteiger partial charge in [-0.1, -0.05) is 20.8 Å². The predicted octanol–water partition coefficient (Wildman–Crippen LogP) is 0.949. The van der Waals surface area contributed by atoms with E-state index >= 15 is 0 Å². The van der Waals surface area contributed by atoms with E-state index < -0.39 is 5.54 Å². The molecule has 2 heteroatoms. The van der Waals surface area contributed by atoms with Crippen LogP contribution in [-0.2, 0) is 4.79 Å². The van der Waals surface area contributed by atoms with Crippen LogP contribution in [0.3, 0.4) is 0 Å². The van der Waals surface area contributed by atoms with Gasteiger partial charge in [-0.2, -0.15) is 0 Å². The van der Waals surface area contributed by atoms with E-state index in [4.69, 9.17) is 5.73 Å². The van der Waals surface area contributed by atoms with Crippen LogP contribution in [0.5, 0.6) is 0 Å². The maximum absolute atomic E-state index is 10.3. The zero-order valence-electron chi connectivity index (χ0n) is 6.56. The molecule has 54 valence electrons. The highest BCUT2D eigenvalue weighted by Crippen LogP contribution is 2.25. The number of hydrogen-bond acceptors (Lipinski definition) is 2. The van der Waals surface area contributed by atoms with Crippen LogP contribution in [0, 0.1) is 5.41 Å². The first-order chi connectivity index (χ1) is 3.81. The van der Waals surface area contributed by atoms with E-state index in [0.717, 1.165) is 6.29 Å². The van der Waals surface area contributed by atoms with Crippen molar-refractivity contribution in [2.75, 3.05) is 0 Å². The standard InChI is InChI=1S/C7H15NO/c1-6(2,3)7(4,8)5-9/h5H,8H2,1-4H3/t7-/m0/s1. The number of rotatable bonds is 1. The SMILES string of the molecule is CC(C)(C)[C@@](C)(N)C=O. The Hall–Kier alpha value is -0.370. The van der Waals surface area contributed by atoms with Gasteiger partial charge in [0.2, 0.25) is 0 Å². The number of carbonyl (C=O) groups excluding carboxylic acids is 1. The molecule has 0 aromatic carbocycles. The van der Waals surface area contributed by atoms with E-state index in [-0.39, 0.29) is 5.41 Å². The van der Waals surface area contributed by atoms with Gasteiger partial charge in [0.05, 0.1) is 5.54 Å². The molecule has 0 aromatic heterocycles. The van der Waals surface area contributed by atoms with E-state index in [1.165, 1.54) is 0 Å². The summed E-state index contributed by atoms with van der Waals surface area (Å²) in [4.78, 5) is 10.3. The van der Waals surface area contributed by atoms with Crippen molar-refractivity contribution < 1.29 is 4.79 Å². The maximum Gasteiger partial charge on any atom is 0.140 e. The average molecular weight is 129 g/mol. The van der Waals surface area contributed by atoms with E-state index in [1.807, 2.05) is 20.8 Å². The number of carbonyl (C=O) groups is 1. The fourth-order valence-corrected chi connectivity index (χ4v) is 0.177. The minimum absolute atomic E-state index is 0.144. The number of nitrogens with two attached hydrogens (primary N) is 1. The van der Waals surface area contributed by atoms with Crippen molar-refractivity contribution >= 4 is 6.29 Å². The Bertz CT molecular complexity index is 111. The topological polar surface area (TPSA) is 43.1 Å². The van der Waals surface area contributed by atoms with Crippen LogP contribution in [0.1, 0.15) is 27.7 Å². The lowest BCUT2D eigenvalue weighted by molar-refractivity contribution is -0.114. The van der Waals surface area contributed by atoms with Gasteiger partial charge in [0.15, 0.2) is 0 Å². The van der Waals surface area contributed by atoms with Gasteiger partial charge in [-0.15, -0.1) is 0 Å². The largest absolute Gasteiger partial charge is 0.319 e. The third kappa shape index (κ3) is 1.79. The molecule has 0 amide bonds. The van der Waals surface area contributed by atoms with Gasteiger partial charge in [0.25, 0.3) is 0 Å². The third-order valence-electron chi connectivity index (χ3n) is 1.86. The van der Waals surface area contributed by atoms with Crippen LogP contribution in [-0.4, -0.2) is 11.8 Å². The molecule has 0 aliphatic heterocycles. The van der Waals surface area contributed by atoms with Crippen molar-refractivity contribution in [2.45, 2.75) is 33.2 Å². The second-order valence-electron chi connectivity index (χ2n) is 3.65. The average Bonchev–Trinajstić information content (AvgIpc) is 1.64. The summed E-state index contributed by atoms with van der Waals surface area (Å²) in [5.74, 6) is 0. The molecule has 0 saturated heterocycles. The van der Waals surface area contributed by atoms with E-state index in [2.05, 4.69) is 0 Å². The minimum atomic E-state index is -0.701. The van der Waals surface area contributed by atoms with Crippen LogP contribution in [0.2, 0.25) is 0 Å². The molecule has 0 saturated carbocycles. The summed E-state index contributed by atoms with van der Waals surface area (Å²) in [7, 11) is 0. The zero-order valence-corrected chi connectivity index (χ0v) is 6.56. The molecule has 0 bridgehead atoms. The second-order valence-corrected chi connectivity index (χ2v) is 3.65. The van der Waals surface area contributed by atoms with Crippen molar-refractivity contribution in [2.24, 2.45) is 11.1 Å². The highest BCUT2D eigenvalue weighted by molar-refractivity contribution is 5.64. The molecule has 0 radical (unpaired) electrons. The van der Waals surface area contributed by atoms with E-state index in [0.29, 0.717) is 0 Å². The Kier molecular flexibility index (Phi) is 2.02. The molecule has 2 N–H and O–H groups in total. The van der Waals surface area contributed by atoms with Gasteiger partial charge >= 0.3 is 0 Å². The fraction of sp³-hybridized carbons (Fsp3) is 0.857. The molecule has 2 nitrogen and oxygen atoms in total. The van der Waals surface area contributed by atoms with Crippen LogP contribution in [0.4, 0.5) is 0 Å². The van der Waals surface area contributed by atoms with Gasteiger partial charge < -0.3 is 10.5 Å². The fourth-order valence-electron chi connectivity index (χ4n) is 0.177. The summed E-state index contributed by atoms with van der Waals surface area (Å²) >= 11 is 0. The first-order valence-electron chi connectivity index (χ1n) is 3.06. The predicted molar refractivity (Wildman–Crippen MR) is 38.1 cm³/mol.